The third-order valence-electron chi connectivity index (χ3n) is 6.60. The largest absolute Gasteiger partial charge is 0.494 e. The van der Waals surface area contributed by atoms with Crippen molar-refractivity contribution in [1.82, 2.24) is 0 Å². The maximum Gasteiger partial charge on any atom is 0.425 e. The molecule has 216 valence electrons. The molecule has 6 nitrogen and oxygen atoms in total. The van der Waals surface area contributed by atoms with Crippen molar-refractivity contribution in [3.63, 3.8) is 0 Å². The summed E-state index contributed by atoms with van der Waals surface area (Å²) < 4.78 is 30.8. The predicted octanol–water partition coefficient (Wildman–Crippen LogP) is 8.40. The van der Waals surface area contributed by atoms with Crippen LogP contribution in [0.25, 0.3) is 0 Å². The second-order valence-electron chi connectivity index (χ2n) is 9.93. The Bertz CT molecular complexity index is 955. The number of benzene rings is 2. The van der Waals surface area contributed by atoms with Crippen molar-refractivity contribution >= 4 is 17.6 Å². The number of methoxy groups -OCH3 is 1. The molecule has 0 aliphatic carbocycles. The van der Waals surface area contributed by atoms with E-state index in [9.17, 15) is 9.59 Å². The summed E-state index contributed by atoms with van der Waals surface area (Å²) in [5.74, 6) is -5.52. The highest BCUT2D eigenvalue weighted by Gasteiger charge is 2.51. The molecule has 1 atom stereocenters. The molecule has 0 saturated carbocycles. The summed E-state index contributed by atoms with van der Waals surface area (Å²) in [5.41, 5.74) is 0.279. The quantitative estimate of drug-likeness (QED) is 0.0972. The molecule has 0 spiro atoms. The number of unbranched alkanes of at least 4 members (excludes halogenated alkanes) is 13. The Kier molecular flexibility index (Phi) is 15.7. The van der Waals surface area contributed by atoms with Crippen LogP contribution in [-0.4, -0.2) is 31.4 Å². The van der Waals surface area contributed by atoms with Crippen molar-refractivity contribution in [1.29, 1.82) is 0 Å². The van der Waals surface area contributed by atoms with Gasteiger partial charge in [-0.3, -0.25) is 4.79 Å². The zero-order valence-electron chi connectivity index (χ0n) is 23.7. The van der Waals surface area contributed by atoms with Crippen LogP contribution >= 0.6 is 0 Å². The first-order chi connectivity index (χ1) is 19.0. The van der Waals surface area contributed by atoms with E-state index in [0.717, 1.165) is 20.0 Å². The van der Waals surface area contributed by atoms with E-state index in [-0.39, 0.29) is 11.4 Å². The molecular formula is C32H46FNO5. The number of nitrogens with one attached hydrogen (secondary N) is 1. The van der Waals surface area contributed by atoms with E-state index in [1.807, 2.05) is 0 Å². The van der Waals surface area contributed by atoms with Crippen molar-refractivity contribution < 1.29 is 28.2 Å². The number of esters is 1. The molecule has 0 saturated heterocycles. The Morgan fingerprint density at radius 2 is 1.28 bits per heavy atom. The molecule has 1 unspecified atom stereocenters. The summed E-state index contributed by atoms with van der Waals surface area (Å²) >= 11 is 0. The minimum absolute atomic E-state index is 0.0193. The van der Waals surface area contributed by atoms with Gasteiger partial charge in [0.2, 0.25) is 0 Å². The molecule has 0 fully saturated rings. The first-order valence-corrected chi connectivity index (χ1v) is 14.5. The van der Waals surface area contributed by atoms with Gasteiger partial charge in [-0.05, 0) is 30.7 Å². The monoisotopic (exact) mass is 543 g/mol. The standard InChI is InChI=1S/C32H46FNO5/c1-3-4-5-6-7-8-9-10-11-12-13-14-15-19-25-38-29-24-20-21-27(26-29)34-30(35)32(33,31(36)37-2)39-28-22-17-16-18-23-28/h16-18,20-24,26H,3-15,19,25H2,1-2H3,(H,34,35). The van der Waals surface area contributed by atoms with Crippen molar-refractivity contribution in [2.45, 2.75) is 103 Å². The molecule has 39 heavy (non-hydrogen) atoms. The van der Waals surface area contributed by atoms with E-state index >= 15 is 4.39 Å². The fourth-order valence-electron chi connectivity index (χ4n) is 4.32. The summed E-state index contributed by atoms with van der Waals surface area (Å²) in [4.78, 5) is 24.8. The fourth-order valence-corrected chi connectivity index (χ4v) is 4.32. The minimum Gasteiger partial charge on any atom is -0.494 e. The van der Waals surface area contributed by atoms with E-state index in [2.05, 4.69) is 17.0 Å². The maximum absolute atomic E-state index is 15.4. The van der Waals surface area contributed by atoms with Crippen LogP contribution in [0.3, 0.4) is 0 Å². The Hall–Kier alpha value is -3.09. The molecule has 0 aliphatic rings. The van der Waals surface area contributed by atoms with E-state index in [1.165, 1.54) is 89.2 Å². The number of para-hydroxylation sites is 1. The van der Waals surface area contributed by atoms with Gasteiger partial charge in [0, 0.05) is 11.8 Å². The lowest BCUT2D eigenvalue weighted by atomic mass is 10.0. The smallest absolute Gasteiger partial charge is 0.425 e. The highest BCUT2D eigenvalue weighted by molar-refractivity contribution is 6.10. The minimum atomic E-state index is -3.35. The SMILES string of the molecule is CCCCCCCCCCCCCCCCOc1cccc(NC(=O)C(F)(Oc2ccccc2)C(=O)OC)c1. The summed E-state index contributed by atoms with van der Waals surface area (Å²) in [6, 6.07) is 14.4. The van der Waals surface area contributed by atoms with Gasteiger partial charge in [-0.15, -0.1) is 0 Å². The van der Waals surface area contributed by atoms with Crippen LogP contribution in [0.15, 0.2) is 54.6 Å². The molecule has 0 bridgehead atoms. The van der Waals surface area contributed by atoms with Crippen molar-refractivity contribution in [3.8, 4) is 11.5 Å². The van der Waals surface area contributed by atoms with E-state index in [4.69, 9.17) is 9.47 Å². The number of alkyl halides is 1. The third kappa shape index (κ3) is 12.5. The molecule has 0 aliphatic heterocycles. The zero-order chi connectivity index (χ0) is 28.2. The molecular weight excluding hydrogens is 497 g/mol. The van der Waals surface area contributed by atoms with Crippen molar-refractivity contribution in [2.75, 3.05) is 19.0 Å². The lowest BCUT2D eigenvalue weighted by Gasteiger charge is -2.22. The Balaban J connectivity index is 1.65. The van der Waals surface area contributed by atoms with E-state index in [1.54, 1.807) is 42.5 Å². The number of ether oxygens (including phenoxy) is 3. The summed E-state index contributed by atoms with van der Waals surface area (Å²) in [7, 11) is 0.990. The van der Waals surface area contributed by atoms with Crippen LogP contribution in [-0.2, 0) is 14.3 Å². The van der Waals surface area contributed by atoms with Crippen LogP contribution in [0.2, 0.25) is 0 Å². The molecule has 2 aromatic carbocycles. The van der Waals surface area contributed by atoms with Gasteiger partial charge in [-0.2, -0.15) is 4.39 Å². The number of carbonyl (C=O) groups is 2. The number of hydrogen-bond donors (Lipinski definition) is 1. The van der Waals surface area contributed by atoms with Crippen LogP contribution in [0, 0.1) is 0 Å². The second kappa shape index (κ2) is 19.0. The molecule has 0 aromatic heterocycles. The van der Waals surface area contributed by atoms with E-state index < -0.39 is 17.7 Å². The molecule has 0 heterocycles. The van der Waals surface area contributed by atoms with Gasteiger partial charge in [-0.25, -0.2) is 4.79 Å². The van der Waals surface area contributed by atoms with Crippen molar-refractivity contribution in [3.05, 3.63) is 54.6 Å². The summed E-state index contributed by atoms with van der Waals surface area (Å²) in [6.45, 7) is 2.82. The Morgan fingerprint density at radius 3 is 1.85 bits per heavy atom. The van der Waals surface area contributed by atoms with Gasteiger partial charge < -0.3 is 19.5 Å². The average molecular weight is 544 g/mol. The highest BCUT2D eigenvalue weighted by atomic mass is 19.2. The first-order valence-electron chi connectivity index (χ1n) is 14.5. The van der Waals surface area contributed by atoms with Crippen molar-refractivity contribution in [2.24, 2.45) is 0 Å². The second-order valence-corrected chi connectivity index (χ2v) is 9.93. The van der Waals surface area contributed by atoms with Gasteiger partial charge in [-0.1, -0.05) is 115 Å². The first kappa shape index (κ1) is 32.1. The van der Waals surface area contributed by atoms with E-state index in [0.29, 0.717) is 12.4 Å². The van der Waals surface area contributed by atoms with Crippen LogP contribution in [0.4, 0.5) is 10.1 Å². The number of carbonyl (C=O) groups excluding carboxylic acids is 2. The normalized spacial score (nSPS) is 12.4. The molecule has 2 aromatic rings. The number of anilines is 1. The number of amides is 1. The number of hydrogen-bond acceptors (Lipinski definition) is 5. The number of rotatable bonds is 21. The van der Waals surface area contributed by atoms with Gasteiger partial charge in [0.05, 0.1) is 13.7 Å². The molecule has 0 radical (unpaired) electrons. The van der Waals surface area contributed by atoms with Crippen LogP contribution in [0.1, 0.15) is 96.8 Å². The summed E-state index contributed by atoms with van der Waals surface area (Å²) in [5, 5.41) is 2.39. The molecule has 1 amide bonds. The van der Waals surface area contributed by atoms with Crippen LogP contribution in [0.5, 0.6) is 11.5 Å². The molecule has 2 rings (SSSR count). The predicted molar refractivity (Wildman–Crippen MR) is 154 cm³/mol. The van der Waals surface area contributed by atoms with Gasteiger partial charge in [0.25, 0.3) is 0 Å². The lowest BCUT2D eigenvalue weighted by Crippen LogP contribution is -2.51. The average Bonchev–Trinajstić information content (AvgIpc) is 2.95. The van der Waals surface area contributed by atoms with Gasteiger partial charge in [0.15, 0.2) is 0 Å². The van der Waals surface area contributed by atoms with Crippen LogP contribution < -0.4 is 14.8 Å². The number of halogens is 1. The molecule has 7 heteroatoms. The Morgan fingerprint density at radius 1 is 0.744 bits per heavy atom. The fraction of sp³-hybridized carbons (Fsp3) is 0.562. The highest BCUT2D eigenvalue weighted by Crippen LogP contribution is 2.25. The topological polar surface area (TPSA) is 73.9 Å². The summed E-state index contributed by atoms with van der Waals surface area (Å²) in [6.07, 6.45) is 18.1. The third-order valence-corrected chi connectivity index (χ3v) is 6.60. The van der Waals surface area contributed by atoms with Gasteiger partial charge in [0.1, 0.15) is 11.5 Å². The lowest BCUT2D eigenvalue weighted by molar-refractivity contribution is -0.181. The molecule has 1 N–H and O–H groups in total. The zero-order valence-corrected chi connectivity index (χ0v) is 23.7. The van der Waals surface area contributed by atoms with Gasteiger partial charge >= 0.3 is 17.7 Å². The Labute approximate surface area is 233 Å². The maximum atomic E-state index is 15.4.